The van der Waals surface area contributed by atoms with Gasteiger partial charge in [0.2, 0.25) is 5.91 Å². The van der Waals surface area contributed by atoms with E-state index in [4.69, 9.17) is 4.74 Å². The van der Waals surface area contributed by atoms with Crippen LogP contribution in [0.2, 0.25) is 0 Å². The Balaban J connectivity index is 2.40. The molecule has 0 saturated heterocycles. The van der Waals surface area contributed by atoms with Crippen LogP contribution in [-0.2, 0) is 4.79 Å². The van der Waals surface area contributed by atoms with Crippen LogP contribution in [0.1, 0.15) is 13.3 Å². The molecule has 0 atom stereocenters. The summed E-state index contributed by atoms with van der Waals surface area (Å²) in [4.78, 5) is 16.0. The number of benzene rings is 1. The number of rotatable bonds is 5. The summed E-state index contributed by atoms with van der Waals surface area (Å²) in [7, 11) is 0. The van der Waals surface area contributed by atoms with Crippen LogP contribution in [0.25, 0.3) is 10.9 Å². The van der Waals surface area contributed by atoms with Crippen molar-refractivity contribution in [2.75, 3.05) is 17.7 Å². The third-order valence-corrected chi connectivity index (χ3v) is 2.87. The monoisotopic (exact) mass is 276 g/mol. The molecule has 1 aromatic heterocycles. The molecule has 0 aliphatic heterocycles. The normalized spacial score (nSPS) is 10.4. The van der Waals surface area contributed by atoms with Crippen molar-refractivity contribution in [3.8, 4) is 5.75 Å². The zero-order chi connectivity index (χ0) is 13.7. The largest absolute Gasteiger partial charge is 0.493 e. The van der Waals surface area contributed by atoms with Gasteiger partial charge in [-0.3, -0.25) is 9.78 Å². The third kappa shape index (κ3) is 3.17. The molecule has 100 valence electrons. The Bertz CT molecular complexity index is 587. The summed E-state index contributed by atoms with van der Waals surface area (Å²) < 4.78 is 5.56. The van der Waals surface area contributed by atoms with Crippen LogP contribution in [0.5, 0.6) is 5.75 Å². The van der Waals surface area contributed by atoms with E-state index in [1.807, 2.05) is 31.2 Å². The van der Waals surface area contributed by atoms with Gasteiger partial charge in [0, 0.05) is 18.0 Å². The number of aromatic nitrogens is 1. The Kier molecular flexibility index (Phi) is 4.63. The van der Waals surface area contributed by atoms with Gasteiger partial charge < -0.3 is 10.1 Å². The van der Waals surface area contributed by atoms with Gasteiger partial charge >= 0.3 is 0 Å². The lowest BCUT2D eigenvalue weighted by Crippen LogP contribution is -2.12. The number of pyridine rings is 1. The molecule has 2 aromatic rings. The molecule has 1 heterocycles. The minimum Gasteiger partial charge on any atom is -0.493 e. The number of nitrogens with zero attached hydrogens (tertiary/aromatic N) is 1. The molecule has 2 rings (SSSR count). The minimum absolute atomic E-state index is 0.0638. The van der Waals surface area contributed by atoms with Gasteiger partial charge in [-0.15, -0.1) is 0 Å². The molecule has 0 aliphatic rings. The highest BCUT2D eigenvalue weighted by molar-refractivity contribution is 7.80. The summed E-state index contributed by atoms with van der Waals surface area (Å²) in [6.45, 7) is 2.53. The smallest absolute Gasteiger partial charge is 0.225 e. The Morgan fingerprint density at radius 3 is 3.00 bits per heavy atom. The molecular weight excluding hydrogens is 260 g/mol. The van der Waals surface area contributed by atoms with E-state index in [1.54, 1.807) is 6.20 Å². The minimum atomic E-state index is -0.0638. The molecule has 1 aromatic carbocycles. The average molecular weight is 276 g/mol. The fraction of sp³-hybridized carbons (Fsp3) is 0.286. The molecule has 0 aliphatic carbocycles. The second-order valence-corrected chi connectivity index (χ2v) is 4.41. The number of ether oxygens (including phenoxy) is 1. The summed E-state index contributed by atoms with van der Waals surface area (Å²) in [6.07, 6.45) is 2.08. The fourth-order valence-electron chi connectivity index (χ4n) is 1.84. The number of hydrogen-bond donors (Lipinski definition) is 2. The summed E-state index contributed by atoms with van der Waals surface area (Å²) in [6, 6.07) is 7.45. The standard InChI is InChI=1S/C14H16N2O2S/c1-2-18-12-6-5-11(16-13(17)7-9-19)14-10(12)4-3-8-15-14/h3-6,8,19H,2,7,9H2,1H3,(H,16,17). The molecule has 1 N–H and O–H groups in total. The number of amides is 1. The molecule has 0 unspecified atom stereocenters. The van der Waals surface area contributed by atoms with E-state index in [-0.39, 0.29) is 5.91 Å². The quantitative estimate of drug-likeness (QED) is 0.826. The van der Waals surface area contributed by atoms with Gasteiger partial charge in [0.15, 0.2) is 0 Å². The lowest BCUT2D eigenvalue weighted by molar-refractivity contribution is -0.115. The number of thiol groups is 1. The first-order valence-electron chi connectivity index (χ1n) is 6.17. The van der Waals surface area contributed by atoms with Gasteiger partial charge in [-0.25, -0.2) is 0 Å². The molecule has 0 bridgehead atoms. The Morgan fingerprint density at radius 1 is 1.42 bits per heavy atom. The zero-order valence-electron chi connectivity index (χ0n) is 10.7. The van der Waals surface area contributed by atoms with E-state index in [0.717, 1.165) is 16.7 Å². The number of carbonyl (C=O) groups is 1. The van der Waals surface area contributed by atoms with Crippen LogP contribution in [-0.4, -0.2) is 23.3 Å². The highest BCUT2D eigenvalue weighted by atomic mass is 32.1. The van der Waals surface area contributed by atoms with Crippen molar-refractivity contribution in [2.24, 2.45) is 0 Å². The van der Waals surface area contributed by atoms with Crippen LogP contribution in [0.4, 0.5) is 5.69 Å². The van der Waals surface area contributed by atoms with Gasteiger partial charge in [-0.05, 0) is 36.9 Å². The van der Waals surface area contributed by atoms with Gasteiger partial charge in [-0.2, -0.15) is 12.6 Å². The van der Waals surface area contributed by atoms with E-state index in [2.05, 4.69) is 22.9 Å². The van der Waals surface area contributed by atoms with Crippen molar-refractivity contribution in [3.05, 3.63) is 30.5 Å². The zero-order valence-corrected chi connectivity index (χ0v) is 11.6. The predicted octanol–water partition coefficient (Wildman–Crippen LogP) is 2.89. The number of hydrogen-bond acceptors (Lipinski definition) is 4. The molecule has 5 heteroatoms. The number of fused-ring (bicyclic) bond motifs is 1. The molecule has 0 saturated carbocycles. The van der Waals surface area contributed by atoms with Crippen LogP contribution < -0.4 is 10.1 Å². The SMILES string of the molecule is CCOc1ccc(NC(=O)CCS)c2ncccc12. The van der Waals surface area contributed by atoms with E-state index >= 15 is 0 Å². The van der Waals surface area contributed by atoms with Gasteiger partial charge in [-0.1, -0.05) is 0 Å². The molecule has 19 heavy (non-hydrogen) atoms. The predicted molar refractivity (Wildman–Crippen MR) is 80.0 cm³/mol. The van der Waals surface area contributed by atoms with Gasteiger partial charge in [0.25, 0.3) is 0 Å². The number of nitrogens with one attached hydrogen (secondary N) is 1. The molecule has 0 spiro atoms. The maximum atomic E-state index is 11.6. The Labute approximate surface area is 117 Å². The Morgan fingerprint density at radius 2 is 2.26 bits per heavy atom. The topological polar surface area (TPSA) is 51.2 Å². The number of carbonyl (C=O) groups excluding carboxylic acids is 1. The van der Waals surface area contributed by atoms with E-state index < -0.39 is 0 Å². The van der Waals surface area contributed by atoms with E-state index in [0.29, 0.717) is 24.5 Å². The Hall–Kier alpha value is -1.75. The van der Waals surface area contributed by atoms with Crippen LogP contribution in [0.3, 0.4) is 0 Å². The maximum absolute atomic E-state index is 11.6. The van der Waals surface area contributed by atoms with Gasteiger partial charge in [0.05, 0.1) is 17.8 Å². The van der Waals surface area contributed by atoms with E-state index in [9.17, 15) is 4.79 Å². The van der Waals surface area contributed by atoms with Crippen molar-refractivity contribution < 1.29 is 9.53 Å². The van der Waals surface area contributed by atoms with Crippen LogP contribution in [0.15, 0.2) is 30.5 Å². The highest BCUT2D eigenvalue weighted by Crippen LogP contribution is 2.30. The lowest BCUT2D eigenvalue weighted by atomic mass is 10.1. The van der Waals surface area contributed by atoms with Crippen molar-refractivity contribution in [3.63, 3.8) is 0 Å². The summed E-state index contributed by atoms with van der Waals surface area (Å²) in [5.74, 6) is 1.23. The second kappa shape index (κ2) is 6.43. The lowest BCUT2D eigenvalue weighted by Gasteiger charge is -2.11. The molecular formula is C14H16N2O2S. The van der Waals surface area contributed by atoms with Crippen molar-refractivity contribution in [1.82, 2.24) is 4.98 Å². The summed E-state index contributed by atoms with van der Waals surface area (Å²) in [5, 5.41) is 3.75. The van der Waals surface area contributed by atoms with Crippen molar-refractivity contribution in [2.45, 2.75) is 13.3 Å². The van der Waals surface area contributed by atoms with E-state index in [1.165, 1.54) is 0 Å². The second-order valence-electron chi connectivity index (χ2n) is 3.97. The first-order valence-corrected chi connectivity index (χ1v) is 6.80. The number of anilines is 1. The molecule has 0 radical (unpaired) electrons. The third-order valence-electron chi connectivity index (χ3n) is 2.64. The molecule has 4 nitrogen and oxygen atoms in total. The van der Waals surface area contributed by atoms with Crippen molar-refractivity contribution in [1.29, 1.82) is 0 Å². The van der Waals surface area contributed by atoms with Crippen molar-refractivity contribution >= 4 is 35.1 Å². The van der Waals surface area contributed by atoms with Crippen LogP contribution >= 0.6 is 12.6 Å². The van der Waals surface area contributed by atoms with Gasteiger partial charge in [0.1, 0.15) is 5.75 Å². The summed E-state index contributed by atoms with van der Waals surface area (Å²) in [5.41, 5.74) is 1.44. The average Bonchev–Trinajstić information content (AvgIpc) is 2.42. The summed E-state index contributed by atoms with van der Waals surface area (Å²) >= 11 is 4.05. The first-order chi connectivity index (χ1) is 9.26. The highest BCUT2D eigenvalue weighted by Gasteiger charge is 2.09. The molecule has 0 fully saturated rings. The fourth-order valence-corrected chi connectivity index (χ4v) is 2.05. The van der Waals surface area contributed by atoms with Crippen LogP contribution in [0, 0.1) is 0 Å². The first kappa shape index (κ1) is 13.7. The maximum Gasteiger partial charge on any atom is 0.225 e. The molecule has 1 amide bonds.